The first kappa shape index (κ1) is 16.0. The molecule has 23 heavy (non-hydrogen) atoms. The molecule has 1 N–H and O–H groups in total. The summed E-state index contributed by atoms with van der Waals surface area (Å²) in [6.45, 7) is 3.21. The molecule has 0 spiro atoms. The molecule has 2 aliphatic rings. The van der Waals surface area contributed by atoms with Crippen molar-refractivity contribution in [1.82, 2.24) is 10.2 Å². The van der Waals surface area contributed by atoms with Crippen LogP contribution in [0.25, 0.3) is 0 Å². The minimum absolute atomic E-state index is 0.108. The monoisotopic (exact) mass is 317 g/mol. The fraction of sp³-hybridized carbons (Fsp3) is 0.611. The van der Waals surface area contributed by atoms with E-state index in [4.69, 9.17) is 4.74 Å². The van der Waals surface area contributed by atoms with E-state index in [2.05, 4.69) is 16.3 Å². The van der Waals surface area contributed by atoms with Crippen molar-refractivity contribution in [1.29, 1.82) is 0 Å². The molecule has 0 atom stereocenters. The van der Waals surface area contributed by atoms with Crippen LogP contribution < -0.4 is 15.0 Å². The largest absolute Gasteiger partial charge is 0.495 e. The Bertz CT molecular complexity index is 521. The number of carbonyl (C=O) groups is 1. The van der Waals surface area contributed by atoms with Gasteiger partial charge in [-0.25, -0.2) is 4.79 Å². The highest BCUT2D eigenvalue weighted by Gasteiger charge is 2.24. The average molecular weight is 317 g/mol. The maximum atomic E-state index is 12.4. The summed E-state index contributed by atoms with van der Waals surface area (Å²) >= 11 is 0. The second kappa shape index (κ2) is 7.57. The van der Waals surface area contributed by atoms with E-state index in [9.17, 15) is 4.79 Å². The number of hydrogen-bond donors (Lipinski definition) is 1. The Balaban J connectivity index is 1.52. The van der Waals surface area contributed by atoms with E-state index >= 15 is 0 Å². The van der Waals surface area contributed by atoms with Crippen LogP contribution in [-0.4, -0.2) is 50.3 Å². The number of hydrogen-bond acceptors (Lipinski definition) is 3. The predicted octanol–water partition coefficient (Wildman–Crippen LogP) is 2.86. The van der Waals surface area contributed by atoms with Crippen molar-refractivity contribution in [3.63, 3.8) is 0 Å². The van der Waals surface area contributed by atoms with Crippen molar-refractivity contribution in [2.24, 2.45) is 0 Å². The summed E-state index contributed by atoms with van der Waals surface area (Å²) in [7, 11) is 1.70. The first-order valence-electron chi connectivity index (χ1n) is 8.71. The van der Waals surface area contributed by atoms with Gasteiger partial charge in [-0.05, 0) is 25.0 Å². The van der Waals surface area contributed by atoms with Gasteiger partial charge in [0.15, 0.2) is 0 Å². The summed E-state index contributed by atoms with van der Waals surface area (Å²) in [6.07, 6.45) is 6.06. The number of urea groups is 1. The summed E-state index contributed by atoms with van der Waals surface area (Å²) in [4.78, 5) is 16.6. The van der Waals surface area contributed by atoms with Crippen LogP contribution in [0, 0.1) is 0 Å². The van der Waals surface area contributed by atoms with Crippen molar-refractivity contribution >= 4 is 11.7 Å². The molecule has 1 heterocycles. The average Bonchev–Trinajstić information content (AvgIpc) is 2.62. The van der Waals surface area contributed by atoms with E-state index in [-0.39, 0.29) is 6.03 Å². The van der Waals surface area contributed by atoms with E-state index in [1.54, 1.807) is 7.11 Å². The van der Waals surface area contributed by atoms with E-state index in [1.807, 2.05) is 23.1 Å². The number of methoxy groups -OCH3 is 1. The minimum Gasteiger partial charge on any atom is -0.495 e. The molecule has 1 aromatic rings. The lowest BCUT2D eigenvalue weighted by molar-refractivity contribution is 0.186. The fourth-order valence-electron chi connectivity index (χ4n) is 3.55. The maximum absolute atomic E-state index is 12.4. The molecular weight excluding hydrogens is 290 g/mol. The van der Waals surface area contributed by atoms with Crippen LogP contribution in [-0.2, 0) is 0 Å². The Kier molecular flexibility index (Phi) is 5.26. The van der Waals surface area contributed by atoms with Gasteiger partial charge in [-0.3, -0.25) is 0 Å². The standard InChI is InChI=1S/C18H27N3O2/c1-23-17-10-6-5-9-16(17)20-11-13-21(14-12-20)18(22)19-15-7-3-2-4-8-15/h5-6,9-10,15H,2-4,7-8,11-14H2,1H3,(H,19,22). The number of anilines is 1. The van der Waals surface area contributed by atoms with Gasteiger partial charge in [0.05, 0.1) is 12.8 Å². The number of carbonyl (C=O) groups excluding carboxylic acids is 1. The van der Waals surface area contributed by atoms with Gasteiger partial charge >= 0.3 is 6.03 Å². The zero-order chi connectivity index (χ0) is 16.1. The maximum Gasteiger partial charge on any atom is 0.317 e. The summed E-state index contributed by atoms with van der Waals surface area (Å²) in [5.41, 5.74) is 1.11. The number of ether oxygens (including phenoxy) is 1. The lowest BCUT2D eigenvalue weighted by atomic mass is 9.96. The number of nitrogens with zero attached hydrogens (tertiary/aromatic N) is 2. The molecule has 5 heteroatoms. The molecule has 2 amide bonds. The predicted molar refractivity (Wildman–Crippen MR) is 92.2 cm³/mol. The molecule has 2 fully saturated rings. The second-order valence-electron chi connectivity index (χ2n) is 6.43. The molecule has 0 aromatic heterocycles. The third-order valence-electron chi connectivity index (χ3n) is 4.93. The number of piperazine rings is 1. The second-order valence-corrected chi connectivity index (χ2v) is 6.43. The van der Waals surface area contributed by atoms with Gasteiger partial charge in [0.2, 0.25) is 0 Å². The van der Waals surface area contributed by atoms with Gasteiger partial charge in [-0.15, -0.1) is 0 Å². The molecule has 126 valence electrons. The third kappa shape index (κ3) is 3.89. The molecule has 1 aliphatic heterocycles. The SMILES string of the molecule is COc1ccccc1N1CCN(C(=O)NC2CCCCC2)CC1. The number of rotatable bonds is 3. The summed E-state index contributed by atoms with van der Waals surface area (Å²) < 4.78 is 5.44. The Morgan fingerprint density at radius 1 is 1.09 bits per heavy atom. The van der Waals surface area contributed by atoms with Gasteiger partial charge < -0.3 is 19.9 Å². The highest BCUT2D eigenvalue weighted by Crippen LogP contribution is 2.28. The Labute approximate surface area is 138 Å². The highest BCUT2D eigenvalue weighted by molar-refractivity contribution is 5.75. The van der Waals surface area contributed by atoms with Crippen LogP contribution >= 0.6 is 0 Å². The normalized spacial score (nSPS) is 19.5. The number of amides is 2. The molecule has 5 nitrogen and oxygen atoms in total. The summed E-state index contributed by atoms with van der Waals surface area (Å²) in [5, 5.41) is 3.21. The van der Waals surface area contributed by atoms with Crippen molar-refractivity contribution in [2.75, 3.05) is 38.2 Å². The van der Waals surface area contributed by atoms with E-state index in [0.29, 0.717) is 6.04 Å². The lowest BCUT2D eigenvalue weighted by Gasteiger charge is -2.37. The Morgan fingerprint density at radius 2 is 1.78 bits per heavy atom. The molecular formula is C18H27N3O2. The van der Waals surface area contributed by atoms with Gasteiger partial charge in [-0.2, -0.15) is 0 Å². The Hall–Kier alpha value is -1.91. The molecule has 1 aromatic carbocycles. The first-order chi connectivity index (χ1) is 11.3. The molecule has 3 rings (SSSR count). The number of para-hydroxylation sites is 2. The molecule has 0 radical (unpaired) electrons. The summed E-state index contributed by atoms with van der Waals surface area (Å²) in [6, 6.07) is 8.56. The van der Waals surface area contributed by atoms with Crippen LogP contribution in [0.2, 0.25) is 0 Å². The van der Waals surface area contributed by atoms with Crippen molar-refractivity contribution < 1.29 is 9.53 Å². The topological polar surface area (TPSA) is 44.8 Å². The summed E-state index contributed by atoms with van der Waals surface area (Å²) in [5.74, 6) is 0.896. The molecule has 0 unspecified atom stereocenters. The zero-order valence-electron chi connectivity index (χ0n) is 14.0. The number of benzene rings is 1. The van der Waals surface area contributed by atoms with Gasteiger partial charge in [0, 0.05) is 32.2 Å². The number of nitrogens with one attached hydrogen (secondary N) is 1. The van der Waals surface area contributed by atoms with Gasteiger partial charge in [0.25, 0.3) is 0 Å². The van der Waals surface area contributed by atoms with Gasteiger partial charge in [0.1, 0.15) is 5.75 Å². The van der Waals surface area contributed by atoms with Crippen molar-refractivity contribution in [3.8, 4) is 5.75 Å². The van der Waals surface area contributed by atoms with Crippen LogP contribution in [0.5, 0.6) is 5.75 Å². The van der Waals surface area contributed by atoms with Crippen LogP contribution in [0.3, 0.4) is 0 Å². The first-order valence-corrected chi connectivity index (χ1v) is 8.71. The van der Waals surface area contributed by atoms with Crippen molar-refractivity contribution in [2.45, 2.75) is 38.1 Å². The smallest absolute Gasteiger partial charge is 0.317 e. The van der Waals surface area contributed by atoms with Crippen LogP contribution in [0.4, 0.5) is 10.5 Å². The fourth-order valence-corrected chi connectivity index (χ4v) is 3.55. The molecule has 0 bridgehead atoms. The van der Waals surface area contributed by atoms with Crippen molar-refractivity contribution in [3.05, 3.63) is 24.3 Å². The van der Waals surface area contributed by atoms with Gasteiger partial charge in [-0.1, -0.05) is 31.4 Å². The van der Waals surface area contributed by atoms with E-state index in [1.165, 1.54) is 19.3 Å². The highest BCUT2D eigenvalue weighted by atomic mass is 16.5. The third-order valence-corrected chi connectivity index (χ3v) is 4.93. The molecule has 1 saturated heterocycles. The molecule has 1 aliphatic carbocycles. The lowest BCUT2D eigenvalue weighted by Crippen LogP contribution is -2.53. The molecule has 1 saturated carbocycles. The van der Waals surface area contributed by atoms with Crippen LogP contribution in [0.1, 0.15) is 32.1 Å². The zero-order valence-corrected chi connectivity index (χ0v) is 14.0. The minimum atomic E-state index is 0.108. The van der Waals surface area contributed by atoms with Crippen LogP contribution in [0.15, 0.2) is 24.3 Å². The van der Waals surface area contributed by atoms with E-state index < -0.39 is 0 Å². The quantitative estimate of drug-likeness (QED) is 0.932. The van der Waals surface area contributed by atoms with E-state index in [0.717, 1.165) is 50.5 Å². The Morgan fingerprint density at radius 3 is 2.48 bits per heavy atom.